The van der Waals surface area contributed by atoms with Crippen molar-refractivity contribution in [2.45, 2.75) is 39.0 Å². The smallest absolute Gasteiger partial charge is 0.374 e. The van der Waals surface area contributed by atoms with Gasteiger partial charge in [0.2, 0.25) is 0 Å². The summed E-state index contributed by atoms with van der Waals surface area (Å²) in [6.07, 6.45) is -3.90. The monoisotopic (exact) mass is 209 g/mol. The summed E-state index contributed by atoms with van der Waals surface area (Å²) in [6, 6.07) is 1.19. The normalized spacial score (nSPS) is 14.9. The molecular formula is C9H14F3NO. The summed E-state index contributed by atoms with van der Waals surface area (Å²) < 4.78 is 41.3. The fraction of sp³-hybridized carbons (Fsp3) is 0.889. The average Bonchev–Trinajstić information content (AvgIpc) is 2.03. The van der Waals surface area contributed by atoms with Gasteiger partial charge in [0.25, 0.3) is 0 Å². The Kier molecular flexibility index (Phi) is 4.40. The summed E-state index contributed by atoms with van der Waals surface area (Å²) in [5, 5.41) is 8.28. The molecule has 0 aromatic carbocycles. The van der Waals surface area contributed by atoms with Crippen molar-refractivity contribution in [2.24, 2.45) is 5.92 Å². The summed E-state index contributed by atoms with van der Waals surface area (Å²) >= 11 is 0. The zero-order valence-corrected chi connectivity index (χ0v) is 8.48. The van der Waals surface area contributed by atoms with Crippen LogP contribution in [0.1, 0.15) is 27.2 Å². The number of halogens is 3. The van der Waals surface area contributed by atoms with Crippen LogP contribution in [0.3, 0.4) is 0 Å². The van der Waals surface area contributed by atoms with Crippen molar-refractivity contribution in [3.8, 4) is 6.07 Å². The molecule has 82 valence electrons. The summed E-state index contributed by atoms with van der Waals surface area (Å²) in [6.45, 7) is 4.60. The minimum Gasteiger partial charge on any atom is -0.374 e. The van der Waals surface area contributed by atoms with Crippen LogP contribution < -0.4 is 0 Å². The third kappa shape index (κ3) is 4.47. The molecule has 0 aliphatic carbocycles. The molecule has 0 aromatic rings. The van der Waals surface area contributed by atoms with Gasteiger partial charge < -0.3 is 4.74 Å². The van der Waals surface area contributed by atoms with E-state index in [1.807, 2.05) is 6.92 Å². The number of hydrogen-bond donors (Lipinski definition) is 0. The molecule has 14 heavy (non-hydrogen) atoms. The molecule has 0 N–H and O–H groups in total. The zero-order chi connectivity index (χ0) is 11.4. The summed E-state index contributed by atoms with van der Waals surface area (Å²) in [5.74, 6) is -2.03. The van der Waals surface area contributed by atoms with Crippen LogP contribution in [-0.4, -0.2) is 18.4 Å². The molecule has 5 heteroatoms. The van der Waals surface area contributed by atoms with Gasteiger partial charge in [-0.15, -0.1) is 0 Å². The molecule has 0 rings (SSSR count). The lowest BCUT2D eigenvalue weighted by Gasteiger charge is -2.25. The van der Waals surface area contributed by atoms with Crippen LogP contribution in [0.25, 0.3) is 0 Å². The first-order valence-electron chi connectivity index (χ1n) is 4.33. The number of alkyl halides is 3. The molecule has 0 bridgehead atoms. The van der Waals surface area contributed by atoms with E-state index in [4.69, 9.17) is 10.00 Å². The molecule has 0 aromatic heterocycles. The van der Waals surface area contributed by atoms with Gasteiger partial charge in [-0.05, 0) is 20.3 Å². The highest BCUT2D eigenvalue weighted by atomic mass is 19.4. The van der Waals surface area contributed by atoms with Gasteiger partial charge in [0, 0.05) is 0 Å². The van der Waals surface area contributed by atoms with Crippen LogP contribution in [0.4, 0.5) is 13.2 Å². The second-order valence-corrected chi connectivity index (χ2v) is 3.65. The van der Waals surface area contributed by atoms with E-state index in [1.54, 1.807) is 13.8 Å². The first-order chi connectivity index (χ1) is 6.23. The number of nitriles is 1. The Hall–Kier alpha value is -0.760. The van der Waals surface area contributed by atoms with E-state index >= 15 is 0 Å². The molecule has 0 aliphatic heterocycles. The van der Waals surface area contributed by atoms with E-state index in [0.717, 1.165) is 0 Å². The van der Waals surface area contributed by atoms with Gasteiger partial charge in [-0.2, -0.15) is 18.4 Å². The molecule has 0 amide bonds. The molecule has 1 unspecified atom stereocenters. The van der Waals surface area contributed by atoms with Crippen LogP contribution in [0, 0.1) is 17.2 Å². The minimum absolute atomic E-state index is 0.596. The third-order valence-corrected chi connectivity index (χ3v) is 2.04. The van der Waals surface area contributed by atoms with Crippen LogP contribution in [0.15, 0.2) is 0 Å². The number of ether oxygens (including phenoxy) is 1. The van der Waals surface area contributed by atoms with Crippen LogP contribution in [0.5, 0.6) is 0 Å². The SMILES string of the molecule is CCC(C)(C)OCC(C#N)C(F)(F)F. The predicted molar refractivity (Wildman–Crippen MR) is 45.5 cm³/mol. The van der Waals surface area contributed by atoms with E-state index in [0.29, 0.717) is 6.42 Å². The molecule has 0 fully saturated rings. The van der Waals surface area contributed by atoms with Crippen molar-refractivity contribution < 1.29 is 17.9 Å². The topological polar surface area (TPSA) is 33.0 Å². The van der Waals surface area contributed by atoms with Gasteiger partial charge in [-0.25, -0.2) is 0 Å². The summed E-state index contributed by atoms with van der Waals surface area (Å²) in [7, 11) is 0. The molecule has 1 atom stereocenters. The lowest BCUT2D eigenvalue weighted by molar-refractivity contribution is -0.181. The summed E-state index contributed by atoms with van der Waals surface area (Å²) in [4.78, 5) is 0. The Balaban J connectivity index is 4.19. The van der Waals surface area contributed by atoms with E-state index < -0.39 is 24.3 Å². The van der Waals surface area contributed by atoms with Crippen LogP contribution in [-0.2, 0) is 4.74 Å². The molecule has 2 nitrogen and oxygen atoms in total. The van der Waals surface area contributed by atoms with Crippen LogP contribution >= 0.6 is 0 Å². The van der Waals surface area contributed by atoms with Crippen molar-refractivity contribution in [3.63, 3.8) is 0 Å². The first-order valence-corrected chi connectivity index (χ1v) is 4.33. The lowest BCUT2D eigenvalue weighted by atomic mass is 10.1. The van der Waals surface area contributed by atoms with Crippen molar-refractivity contribution in [1.82, 2.24) is 0 Å². The third-order valence-electron chi connectivity index (χ3n) is 2.04. The Morgan fingerprint density at radius 2 is 1.86 bits per heavy atom. The fourth-order valence-electron chi connectivity index (χ4n) is 0.616. The molecule has 0 saturated heterocycles. The molecule has 0 spiro atoms. The van der Waals surface area contributed by atoms with Gasteiger partial charge in [0.15, 0.2) is 5.92 Å². The standard InChI is InChI=1S/C9H14F3NO/c1-4-8(2,3)14-6-7(5-13)9(10,11)12/h7H,4,6H2,1-3H3. The van der Waals surface area contributed by atoms with E-state index in [1.165, 1.54) is 6.07 Å². The highest BCUT2D eigenvalue weighted by molar-refractivity contribution is 4.88. The molecule has 0 radical (unpaired) electrons. The predicted octanol–water partition coefficient (Wildman–Crippen LogP) is 2.89. The van der Waals surface area contributed by atoms with Crippen molar-refractivity contribution >= 4 is 0 Å². The molecule has 0 aliphatic rings. The highest BCUT2D eigenvalue weighted by Crippen LogP contribution is 2.27. The maximum Gasteiger partial charge on any atom is 0.406 e. The number of rotatable bonds is 4. The van der Waals surface area contributed by atoms with E-state index in [-0.39, 0.29) is 0 Å². The van der Waals surface area contributed by atoms with Gasteiger partial charge >= 0.3 is 6.18 Å². The Labute approximate surface area is 81.7 Å². The average molecular weight is 209 g/mol. The summed E-state index contributed by atoms with van der Waals surface area (Å²) in [5.41, 5.74) is -0.611. The van der Waals surface area contributed by atoms with Crippen molar-refractivity contribution in [3.05, 3.63) is 0 Å². The maximum absolute atomic E-state index is 12.1. The minimum atomic E-state index is -4.50. The van der Waals surface area contributed by atoms with Crippen LogP contribution in [0.2, 0.25) is 0 Å². The lowest BCUT2D eigenvalue weighted by Crippen LogP contribution is -2.32. The highest BCUT2D eigenvalue weighted by Gasteiger charge is 2.40. The Morgan fingerprint density at radius 3 is 2.14 bits per heavy atom. The Morgan fingerprint density at radius 1 is 1.36 bits per heavy atom. The largest absolute Gasteiger partial charge is 0.406 e. The quantitative estimate of drug-likeness (QED) is 0.713. The first kappa shape index (κ1) is 13.2. The van der Waals surface area contributed by atoms with Gasteiger partial charge in [0.1, 0.15) is 0 Å². The van der Waals surface area contributed by atoms with Crippen molar-refractivity contribution in [2.75, 3.05) is 6.61 Å². The second-order valence-electron chi connectivity index (χ2n) is 3.65. The van der Waals surface area contributed by atoms with Gasteiger partial charge in [0.05, 0.1) is 18.3 Å². The maximum atomic E-state index is 12.1. The van der Waals surface area contributed by atoms with E-state index in [2.05, 4.69) is 0 Å². The van der Waals surface area contributed by atoms with Crippen molar-refractivity contribution in [1.29, 1.82) is 5.26 Å². The zero-order valence-electron chi connectivity index (χ0n) is 8.48. The van der Waals surface area contributed by atoms with Gasteiger partial charge in [-0.1, -0.05) is 6.92 Å². The van der Waals surface area contributed by atoms with E-state index in [9.17, 15) is 13.2 Å². The number of nitrogens with zero attached hydrogens (tertiary/aromatic N) is 1. The van der Waals surface area contributed by atoms with Gasteiger partial charge in [-0.3, -0.25) is 0 Å². The molecule has 0 saturated carbocycles. The fourth-order valence-corrected chi connectivity index (χ4v) is 0.616. The second kappa shape index (κ2) is 4.65. The number of hydrogen-bond acceptors (Lipinski definition) is 2. The Bertz CT molecular complexity index is 217. The molecular weight excluding hydrogens is 195 g/mol. The molecule has 0 heterocycles.